The smallest absolute Gasteiger partial charge is 0.276 e. The van der Waals surface area contributed by atoms with Gasteiger partial charge in [-0.25, -0.2) is 0 Å². The highest BCUT2D eigenvalue weighted by Gasteiger charge is 2.46. The van der Waals surface area contributed by atoms with Gasteiger partial charge < -0.3 is 15.5 Å². The van der Waals surface area contributed by atoms with Gasteiger partial charge in [-0.15, -0.1) is 0 Å². The second kappa shape index (κ2) is 9.37. The van der Waals surface area contributed by atoms with Gasteiger partial charge in [-0.3, -0.25) is 19.1 Å². The number of amides is 3. The minimum Gasteiger partial charge on any atom is -0.351 e. The second-order valence-corrected chi connectivity index (χ2v) is 9.38. The predicted molar refractivity (Wildman–Crippen MR) is 126 cm³/mol. The largest absolute Gasteiger partial charge is 0.351 e. The van der Waals surface area contributed by atoms with Crippen molar-refractivity contribution in [2.75, 3.05) is 12.4 Å². The van der Waals surface area contributed by atoms with Crippen molar-refractivity contribution in [2.45, 2.75) is 76.9 Å². The first-order chi connectivity index (χ1) is 15.8. The Bertz CT molecular complexity index is 1050. The first-order valence-electron chi connectivity index (χ1n) is 11.9. The number of likely N-dealkylation sites (N-methyl/N-ethyl adjacent to an activating group) is 1. The molecule has 1 saturated carbocycles. The average molecular weight is 452 g/mol. The van der Waals surface area contributed by atoms with Gasteiger partial charge in [0, 0.05) is 24.8 Å². The first-order valence-corrected chi connectivity index (χ1v) is 11.9. The molecule has 2 aliphatic rings. The zero-order valence-electron chi connectivity index (χ0n) is 19.7. The van der Waals surface area contributed by atoms with Crippen LogP contribution in [0.25, 0.3) is 0 Å². The van der Waals surface area contributed by atoms with Crippen LogP contribution in [0.1, 0.15) is 78.9 Å². The topological polar surface area (TPSA) is 96.3 Å². The van der Waals surface area contributed by atoms with Crippen LogP contribution in [0.15, 0.2) is 30.3 Å². The number of benzene rings is 1. The molecule has 1 atom stereocenters. The number of carbonyl (C=O) groups is 3. The van der Waals surface area contributed by atoms with E-state index in [1.807, 2.05) is 24.3 Å². The summed E-state index contributed by atoms with van der Waals surface area (Å²) in [7, 11) is 1.64. The molecule has 4 rings (SSSR count). The number of rotatable bonds is 5. The summed E-state index contributed by atoms with van der Waals surface area (Å²) in [6.07, 6.45) is 7.42. The van der Waals surface area contributed by atoms with Crippen molar-refractivity contribution in [1.29, 1.82) is 0 Å². The van der Waals surface area contributed by atoms with Crippen LogP contribution in [0.5, 0.6) is 0 Å². The molecule has 1 fully saturated rings. The fraction of sp³-hybridized carbons (Fsp3) is 0.520. The molecule has 0 saturated heterocycles. The normalized spacial score (nSPS) is 21.3. The zero-order chi connectivity index (χ0) is 23.6. The van der Waals surface area contributed by atoms with Crippen molar-refractivity contribution in [1.82, 2.24) is 20.0 Å². The number of nitrogens with one attached hydrogen (secondary N) is 2. The van der Waals surface area contributed by atoms with Crippen LogP contribution in [-0.2, 0) is 17.8 Å². The minimum absolute atomic E-state index is 0.138. The summed E-state index contributed by atoms with van der Waals surface area (Å²) < 4.78 is 1.49. The van der Waals surface area contributed by atoms with Crippen LogP contribution < -0.4 is 10.6 Å². The van der Waals surface area contributed by atoms with Crippen molar-refractivity contribution in [3.8, 4) is 0 Å². The van der Waals surface area contributed by atoms with Crippen molar-refractivity contribution in [3.05, 3.63) is 47.3 Å². The molecule has 0 radical (unpaired) electrons. The summed E-state index contributed by atoms with van der Waals surface area (Å²) in [5.74, 6) is -0.877. The van der Waals surface area contributed by atoms with Gasteiger partial charge in [0.15, 0.2) is 5.69 Å². The Balaban J connectivity index is 1.52. The van der Waals surface area contributed by atoms with E-state index in [1.54, 1.807) is 14.0 Å². The van der Waals surface area contributed by atoms with Crippen LogP contribution >= 0.6 is 0 Å². The third kappa shape index (κ3) is 4.65. The zero-order valence-corrected chi connectivity index (χ0v) is 19.7. The third-order valence-corrected chi connectivity index (χ3v) is 7.01. The van der Waals surface area contributed by atoms with Gasteiger partial charge in [-0.1, -0.05) is 44.7 Å². The average Bonchev–Trinajstić information content (AvgIpc) is 3.06. The maximum Gasteiger partial charge on any atom is 0.276 e. The molecule has 1 aliphatic heterocycles. The highest BCUT2D eigenvalue weighted by molar-refractivity contribution is 6.05. The summed E-state index contributed by atoms with van der Waals surface area (Å²) in [4.78, 5) is 40.7. The Morgan fingerprint density at radius 1 is 1.15 bits per heavy atom. The molecule has 0 bridgehead atoms. The molecule has 2 aromatic rings. The number of anilines is 1. The van der Waals surface area contributed by atoms with Crippen molar-refractivity contribution < 1.29 is 14.4 Å². The Hall–Kier alpha value is -3.16. The fourth-order valence-corrected chi connectivity index (χ4v) is 4.67. The van der Waals surface area contributed by atoms with Gasteiger partial charge in [-0.2, -0.15) is 5.10 Å². The standard InChI is InChI=1S/C25H33N5O3/c1-4-17-10-9-13-19(14-17)26-22(31)20-15-21-23(32)29(3)25(2,16-30(21)28-20)24(33)27-18-11-7-5-6-8-12-18/h9-10,13-15,18H,4-8,11-12,16H2,1-3H3,(H,26,31)(H,27,33)/t25-/m1/s1. The molecule has 8 heteroatoms. The molecule has 0 unspecified atom stereocenters. The second-order valence-electron chi connectivity index (χ2n) is 9.38. The van der Waals surface area contributed by atoms with E-state index in [0.717, 1.165) is 37.7 Å². The highest BCUT2D eigenvalue weighted by Crippen LogP contribution is 2.27. The first kappa shape index (κ1) is 23.0. The quantitative estimate of drug-likeness (QED) is 0.681. The summed E-state index contributed by atoms with van der Waals surface area (Å²) in [6.45, 7) is 4.01. The molecule has 2 heterocycles. The Morgan fingerprint density at radius 3 is 2.58 bits per heavy atom. The van der Waals surface area contributed by atoms with Crippen molar-refractivity contribution in [2.24, 2.45) is 0 Å². The van der Waals surface area contributed by atoms with Gasteiger partial charge in [-0.05, 0) is 43.9 Å². The number of aromatic nitrogens is 2. The van der Waals surface area contributed by atoms with Crippen LogP contribution in [0, 0.1) is 0 Å². The SMILES string of the molecule is CCc1cccc(NC(=O)c2cc3n(n2)C[C@](C)(C(=O)NC2CCCCCC2)N(C)C3=O)c1. The molecular weight excluding hydrogens is 418 g/mol. The van der Waals surface area contributed by atoms with Crippen molar-refractivity contribution in [3.63, 3.8) is 0 Å². The number of nitrogens with zero attached hydrogens (tertiary/aromatic N) is 3. The fourth-order valence-electron chi connectivity index (χ4n) is 4.67. The summed E-state index contributed by atoms with van der Waals surface area (Å²) in [5, 5.41) is 10.4. The number of hydrogen-bond acceptors (Lipinski definition) is 4. The van der Waals surface area contributed by atoms with Crippen LogP contribution in [-0.4, -0.2) is 51.0 Å². The molecule has 1 aromatic heterocycles. The van der Waals surface area contributed by atoms with E-state index in [2.05, 4.69) is 22.7 Å². The van der Waals surface area contributed by atoms with E-state index in [4.69, 9.17) is 0 Å². The Kier molecular flexibility index (Phi) is 6.54. The molecular formula is C25H33N5O3. The molecule has 3 amide bonds. The van der Waals surface area contributed by atoms with Gasteiger partial charge in [0.25, 0.3) is 11.8 Å². The molecule has 8 nitrogen and oxygen atoms in total. The van der Waals surface area contributed by atoms with E-state index >= 15 is 0 Å². The lowest BCUT2D eigenvalue weighted by Gasteiger charge is -2.41. The van der Waals surface area contributed by atoms with Crippen LogP contribution in [0.2, 0.25) is 0 Å². The lowest BCUT2D eigenvalue weighted by Crippen LogP contribution is -2.63. The molecule has 0 spiro atoms. The third-order valence-electron chi connectivity index (χ3n) is 7.01. The Morgan fingerprint density at radius 2 is 1.88 bits per heavy atom. The van der Waals surface area contributed by atoms with Gasteiger partial charge >= 0.3 is 0 Å². The lowest BCUT2D eigenvalue weighted by molar-refractivity contribution is -0.133. The number of fused-ring (bicyclic) bond motifs is 1. The van der Waals surface area contributed by atoms with E-state index in [1.165, 1.54) is 28.5 Å². The summed E-state index contributed by atoms with van der Waals surface area (Å²) >= 11 is 0. The monoisotopic (exact) mass is 451 g/mol. The van der Waals surface area contributed by atoms with E-state index in [0.29, 0.717) is 11.4 Å². The van der Waals surface area contributed by atoms with E-state index in [-0.39, 0.29) is 36.0 Å². The van der Waals surface area contributed by atoms with Crippen LogP contribution in [0.3, 0.4) is 0 Å². The predicted octanol–water partition coefficient (Wildman–Crippen LogP) is 3.38. The number of carbonyl (C=O) groups excluding carboxylic acids is 3. The molecule has 2 N–H and O–H groups in total. The summed E-state index contributed by atoms with van der Waals surface area (Å²) in [6, 6.07) is 9.27. The molecule has 1 aliphatic carbocycles. The lowest BCUT2D eigenvalue weighted by atomic mass is 9.95. The van der Waals surface area contributed by atoms with E-state index < -0.39 is 5.54 Å². The Labute approximate surface area is 194 Å². The van der Waals surface area contributed by atoms with Gasteiger partial charge in [0.05, 0.1) is 6.54 Å². The molecule has 176 valence electrons. The maximum absolute atomic E-state index is 13.3. The molecule has 33 heavy (non-hydrogen) atoms. The van der Waals surface area contributed by atoms with Gasteiger partial charge in [0.2, 0.25) is 5.91 Å². The highest BCUT2D eigenvalue weighted by atomic mass is 16.2. The summed E-state index contributed by atoms with van der Waals surface area (Å²) in [5.41, 5.74) is 1.18. The number of hydrogen-bond donors (Lipinski definition) is 2. The van der Waals surface area contributed by atoms with Crippen molar-refractivity contribution >= 4 is 23.4 Å². The molecule has 1 aromatic carbocycles. The number of aryl methyl sites for hydroxylation is 1. The minimum atomic E-state index is -1.08. The maximum atomic E-state index is 13.3. The van der Waals surface area contributed by atoms with Crippen LogP contribution in [0.4, 0.5) is 5.69 Å². The van der Waals surface area contributed by atoms with E-state index in [9.17, 15) is 14.4 Å². The van der Waals surface area contributed by atoms with Gasteiger partial charge in [0.1, 0.15) is 11.2 Å².